The van der Waals surface area contributed by atoms with Crippen molar-refractivity contribution in [3.63, 3.8) is 0 Å². The molecule has 120 valence electrons. The van der Waals surface area contributed by atoms with Crippen LogP contribution in [0.2, 0.25) is 38.8 Å². The third-order valence-electron chi connectivity index (χ3n) is 3.82. The molecule has 0 radical (unpaired) electrons. The van der Waals surface area contributed by atoms with Crippen molar-refractivity contribution in [3.05, 3.63) is 29.8 Å². The number of nitrogens with zero attached hydrogens (tertiary/aromatic N) is 1. The molecule has 0 aromatic heterocycles. The van der Waals surface area contributed by atoms with E-state index in [0.29, 0.717) is 0 Å². The molecule has 1 aromatic rings. The molecular formula is C17H33NOSi2. The van der Waals surface area contributed by atoms with Crippen molar-refractivity contribution in [1.29, 1.82) is 0 Å². The Bertz CT molecular complexity index is 441. The largest absolute Gasteiger partial charge is 0.418 e. The second-order valence-corrected chi connectivity index (χ2v) is 16.6. The van der Waals surface area contributed by atoms with Gasteiger partial charge in [0.1, 0.15) is 8.24 Å². The highest BCUT2D eigenvalue weighted by molar-refractivity contribution is 6.79. The summed E-state index contributed by atoms with van der Waals surface area (Å²) in [5.74, 6) is 0. The van der Waals surface area contributed by atoms with E-state index in [1.165, 1.54) is 23.7 Å². The highest BCUT2D eigenvalue weighted by atomic mass is 28.4. The molecule has 0 N–H and O–H groups in total. The summed E-state index contributed by atoms with van der Waals surface area (Å²) in [6.45, 7) is 18.3. The molecule has 0 atom stereocenters. The monoisotopic (exact) mass is 323 g/mol. The van der Waals surface area contributed by atoms with Crippen LogP contribution in [0.4, 0.5) is 5.69 Å². The Morgan fingerprint density at radius 3 is 2.29 bits per heavy atom. The van der Waals surface area contributed by atoms with Gasteiger partial charge in [0.2, 0.25) is 0 Å². The van der Waals surface area contributed by atoms with Crippen LogP contribution < -0.4 is 4.57 Å². The molecule has 0 fully saturated rings. The van der Waals surface area contributed by atoms with Gasteiger partial charge in [0.15, 0.2) is 8.32 Å². The van der Waals surface area contributed by atoms with E-state index in [0.717, 1.165) is 13.2 Å². The lowest BCUT2D eigenvalue weighted by Crippen LogP contribution is -2.47. The maximum Gasteiger partial charge on any atom is 0.186 e. The predicted octanol–water partition coefficient (Wildman–Crippen LogP) is 5.27. The van der Waals surface area contributed by atoms with E-state index in [9.17, 15) is 0 Å². The fraction of sp³-hybridized carbons (Fsp3) is 0.647. The van der Waals surface area contributed by atoms with Gasteiger partial charge in [-0.05, 0) is 57.1 Å². The van der Waals surface area contributed by atoms with Crippen LogP contribution in [0.3, 0.4) is 0 Å². The number of hydrogen-bond donors (Lipinski definition) is 0. The van der Waals surface area contributed by atoms with Crippen LogP contribution in [0.25, 0.3) is 0 Å². The van der Waals surface area contributed by atoms with Gasteiger partial charge in [0.25, 0.3) is 0 Å². The first-order valence-electron chi connectivity index (χ1n) is 8.14. The van der Waals surface area contributed by atoms with Crippen LogP contribution in [0.5, 0.6) is 0 Å². The molecule has 0 aliphatic rings. The molecule has 21 heavy (non-hydrogen) atoms. The Kier molecular flexibility index (Phi) is 6.69. The van der Waals surface area contributed by atoms with Gasteiger partial charge < -0.3 is 8.99 Å². The van der Waals surface area contributed by atoms with Gasteiger partial charge in [0, 0.05) is 18.8 Å². The third kappa shape index (κ3) is 6.36. The lowest BCUT2D eigenvalue weighted by Gasteiger charge is -2.37. The molecule has 1 aromatic carbocycles. The van der Waals surface area contributed by atoms with E-state index >= 15 is 0 Å². The van der Waals surface area contributed by atoms with Crippen LogP contribution >= 0.6 is 0 Å². The molecule has 4 heteroatoms. The van der Waals surface area contributed by atoms with E-state index in [4.69, 9.17) is 4.43 Å². The highest BCUT2D eigenvalue weighted by Crippen LogP contribution is 2.24. The van der Waals surface area contributed by atoms with Crippen LogP contribution in [-0.2, 0) is 4.43 Å². The van der Waals surface area contributed by atoms with E-state index in [-0.39, 0.29) is 0 Å². The number of anilines is 1. The second kappa shape index (κ2) is 7.61. The Morgan fingerprint density at radius 2 is 1.76 bits per heavy atom. The van der Waals surface area contributed by atoms with E-state index < -0.39 is 16.6 Å². The number of rotatable bonds is 8. The third-order valence-corrected chi connectivity index (χ3v) is 8.55. The minimum atomic E-state index is -1.45. The summed E-state index contributed by atoms with van der Waals surface area (Å²) in [6.07, 6.45) is 1.23. The zero-order valence-corrected chi connectivity index (χ0v) is 17.0. The average molecular weight is 324 g/mol. The first kappa shape index (κ1) is 18.5. The Morgan fingerprint density at radius 1 is 1.10 bits per heavy atom. The second-order valence-electron chi connectivity index (χ2n) is 7.46. The van der Waals surface area contributed by atoms with Crippen molar-refractivity contribution in [2.24, 2.45) is 0 Å². The molecule has 0 heterocycles. The van der Waals surface area contributed by atoms with Gasteiger partial charge in [-0.15, -0.1) is 0 Å². The van der Waals surface area contributed by atoms with Crippen LogP contribution in [0.1, 0.15) is 18.9 Å². The first-order valence-corrected chi connectivity index (χ1v) is 14.7. The zero-order chi connectivity index (χ0) is 16.1. The Hall–Kier alpha value is -0.586. The average Bonchev–Trinajstić information content (AvgIpc) is 2.33. The van der Waals surface area contributed by atoms with E-state index in [2.05, 4.69) is 75.4 Å². The van der Waals surface area contributed by atoms with Gasteiger partial charge in [-0.1, -0.05) is 31.8 Å². The highest BCUT2D eigenvalue weighted by Gasteiger charge is 2.26. The van der Waals surface area contributed by atoms with Crippen molar-refractivity contribution in [1.82, 2.24) is 0 Å². The lowest BCUT2D eigenvalue weighted by atomic mass is 10.2. The van der Waals surface area contributed by atoms with Crippen molar-refractivity contribution in [3.8, 4) is 0 Å². The topological polar surface area (TPSA) is 12.5 Å². The van der Waals surface area contributed by atoms with Crippen molar-refractivity contribution in [2.75, 3.05) is 17.7 Å². The molecule has 1 rings (SSSR count). The summed E-state index contributed by atoms with van der Waals surface area (Å²) in [4.78, 5) is 0. The van der Waals surface area contributed by atoms with Crippen molar-refractivity contribution in [2.45, 2.75) is 59.0 Å². The molecule has 0 saturated carbocycles. The summed E-state index contributed by atoms with van der Waals surface area (Å²) in [5.41, 5.74) is 2.74. The molecule has 0 aliphatic carbocycles. The summed E-state index contributed by atoms with van der Waals surface area (Å²) < 4.78 is 8.62. The molecule has 0 unspecified atom stereocenters. The maximum absolute atomic E-state index is 5.95. The maximum atomic E-state index is 5.95. The van der Waals surface area contributed by atoms with Gasteiger partial charge in [-0.2, -0.15) is 0 Å². The minimum Gasteiger partial charge on any atom is -0.418 e. The molecule has 2 nitrogen and oxygen atoms in total. The summed E-state index contributed by atoms with van der Waals surface area (Å²) in [7, 11) is -2.81. The fourth-order valence-electron chi connectivity index (χ4n) is 2.77. The molecule has 0 aliphatic heterocycles. The van der Waals surface area contributed by atoms with Gasteiger partial charge in [0.05, 0.1) is 0 Å². The molecule has 0 spiro atoms. The smallest absolute Gasteiger partial charge is 0.186 e. The minimum absolute atomic E-state index is 0.856. The molecule has 0 amide bonds. The Labute approximate surface area is 133 Å². The van der Waals surface area contributed by atoms with E-state index in [1.807, 2.05) is 0 Å². The number of aryl methyl sites for hydroxylation is 1. The van der Waals surface area contributed by atoms with E-state index in [1.54, 1.807) is 0 Å². The van der Waals surface area contributed by atoms with Gasteiger partial charge in [-0.3, -0.25) is 0 Å². The zero-order valence-electron chi connectivity index (χ0n) is 15.0. The summed E-state index contributed by atoms with van der Waals surface area (Å²) in [5, 5.41) is 0. The van der Waals surface area contributed by atoms with Crippen LogP contribution in [0, 0.1) is 6.92 Å². The lowest BCUT2D eigenvalue weighted by molar-refractivity contribution is 0.328. The molecule has 0 bridgehead atoms. The quantitative estimate of drug-likeness (QED) is 0.604. The number of hydrogen-bond acceptors (Lipinski definition) is 2. The van der Waals surface area contributed by atoms with Crippen molar-refractivity contribution < 1.29 is 4.43 Å². The number of benzene rings is 1. The fourth-order valence-corrected chi connectivity index (χ4v) is 6.45. The first-order chi connectivity index (χ1) is 9.65. The standard InChI is InChI=1S/C17H33NOSi2/c1-8-19-21(6,7)14-10-13-18(20(3,4)5)17-12-9-11-16(2)15-17/h9,11-12,15H,8,10,13-14H2,1-7H3. The normalized spacial score (nSPS) is 12.5. The molecule has 0 saturated heterocycles. The summed E-state index contributed by atoms with van der Waals surface area (Å²) in [6, 6.07) is 10.2. The van der Waals surface area contributed by atoms with Gasteiger partial charge >= 0.3 is 0 Å². The Balaban J connectivity index is 2.73. The SMILES string of the molecule is CCO[Si](C)(C)CCCN(c1cccc(C)c1)[Si](C)(C)C. The van der Waals surface area contributed by atoms with Crippen LogP contribution in [-0.4, -0.2) is 29.7 Å². The summed E-state index contributed by atoms with van der Waals surface area (Å²) >= 11 is 0. The molecular weight excluding hydrogens is 290 g/mol. The van der Waals surface area contributed by atoms with Crippen LogP contribution in [0.15, 0.2) is 24.3 Å². The van der Waals surface area contributed by atoms with Crippen molar-refractivity contribution >= 4 is 22.2 Å². The predicted molar refractivity (Wildman–Crippen MR) is 100 cm³/mol. The van der Waals surface area contributed by atoms with Gasteiger partial charge in [-0.25, -0.2) is 0 Å².